The van der Waals surface area contributed by atoms with Gasteiger partial charge in [-0.05, 0) is 32.6 Å². The Morgan fingerprint density at radius 2 is 2.00 bits per heavy atom. The number of ether oxygens (including phenoxy) is 1. The van der Waals surface area contributed by atoms with Crippen molar-refractivity contribution in [1.29, 1.82) is 0 Å². The lowest BCUT2D eigenvalue weighted by Gasteiger charge is -2.34. The molecular weight excluding hydrogens is 264 g/mol. The Bertz CT molecular complexity index is 326. The molecule has 5 nitrogen and oxygen atoms in total. The van der Waals surface area contributed by atoms with E-state index in [1.165, 1.54) is 12.8 Å². The average molecular weight is 296 g/mol. The van der Waals surface area contributed by atoms with Gasteiger partial charge in [0.2, 0.25) is 0 Å². The van der Waals surface area contributed by atoms with E-state index in [1.807, 2.05) is 0 Å². The molecule has 0 aromatic heterocycles. The van der Waals surface area contributed by atoms with Gasteiger partial charge in [0.1, 0.15) is 0 Å². The van der Waals surface area contributed by atoms with Crippen LogP contribution in [0.5, 0.6) is 0 Å². The van der Waals surface area contributed by atoms with Crippen molar-refractivity contribution in [3.05, 3.63) is 0 Å². The lowest BCUT2D eigenvalue weighted by molar-refractivity contribution is 0.00138. The third kappa shape index (κ3) is 5.15. The maximum absolute atomic E-state index is 5.49. The molecule has 1 unspecified atom stereocenters. The highest BCUT2D eigenvalue weighted by Gasteiger charge is 2.20. The number of piperidine rings is 1. The molecule has 2 aliphatic rings. The number of rotatable bonds is 4. The maximum Gasteiger partial charge on any atom is 0.193 e. The highest BCUT2D eigenvalue weighted by molar-refractivity contribution is 5.80. The van der Waals surface area contributed by atoms with E-state index in [4.69, 9.17) is 9.73 Å². The van der Waals surface area contributed by atoms with Crippen LogP contribution in [0.2, 0.25) is 0 Å². The Balaban J connectivity index is 1.82. The number of aliphatic imine (C=N–C) groups is 1. The molecule has 0 bridgehead atoms. The van der Waals surface area contributed by atoms with Gasteiger partial charge in [0.15, 0.2) is 5.96 Å². The Labute approximate surface area is 129 Å². The standard InChI is InChI=1S/C16H32N4O/c1-4-17-16(20-8-5-14(2)6-9-20)18-7-10-19-11-12-21-13-15(19)3/h14-15H,4-13H2,1-3H3,(H,17,18). The molecule has 0 spiro atoms. The molecule has 122 valence electrons. The highest BCUT2D eigenvalue weighted by atomic mass is 16.5. The summed E-state index contributed by atoms with van der Waals surface area (Å²) in [4.78, 5) is 9.74. The van der Waals surface area contributed by atoms with E-state index in [9.17, 15) is 0 Å². The summed E-state index contributed by atoms with van der Waals surface area (Å²) in [6.07, 6.45) is 2.57. The summed E-state index contributed by atoms with van der Waals surface area (Å²) in [6, 6.07) is 0.521. The van der Waals surface area contributed by atoms with Crippen molar-refractivity contribution in [3.63, 3.8) is 0 Å². The number of hydrogen-bond acceptors (Lipinski definition) is 3. The summed E-state index contributed by atoms with van der Waals surface area (Å²) in [5.74, 6) is 1.96. The maximum atomic E-state index is 5.49. The van der Waals surface area contributed by atoms with Gasteiger partial charge in [0, 0.05) is 38.8 Å². The topological polar surface area (TPSA) is 40.1 Å². The smallest absolute Gasteiger partial charge is 0.193 e. The molecular formula is C16H32N4O. The fourth-order valence-electron chi connectivity index (χ4n) is 3.02. The first-order valence-corrected chi connectivity index (χ1v) is 8.55. The molecule has 0 aliphatic carbocycles. The molecule has 1 N–H and O–H groups in total. The van der Waals surface area contributed by atoms with E-state index in [0.29, 0.717) is 6.04 Å². The van der Waals surface area contributed by atoms with Crippen LogP contribution >= 0.6 is 0 Å². The van der Waals surface area contributed by atoms with E-state index in [1.54, 1.807) is 0 Å². The van der Waals surface area contributed by atoms with Gasteiger partial charge in [-0.2, -0.15) is 0 Å². The second-order valence-corrected chi connectivity index (χ2v) is 6.37. The lowest BCUT2D eigenvalue weighted by atomic mass is 10.00. The van der Waals surface area contributed by atoms with Crippen LogP contribution in [0, 0.1) is 5.92 Å². The fraction of sp³-hybridized carbons (Fsp3) is 0.938. The molecule has 0 radical (unpaired) electrons. The molecule has 21 heavy (non-hydrogen) atoms. The second-order valence-electron chi connectivity index (χ2n) is 6.37. The molecule has 5 heteroatoms. The van der Waals surface area contributed by atoms with Gasteiger partial charge in [0.05, 0.1) is 19.8 Å². The number of morpholine rings is 1. The Morgan fingerprint density at radius 3 is 2.67 bits per heavy atom. The monoisotopic (exact) mass is 296 g/mol. The number of guanidine groups is 1. The molecule has 0 aromatic carbocycles. The zero-order valence-electron chi connectivity index (χ0n) is 14.0. The van der Waals surface area contributed by atoms with Gasteiger partial charge in [-0.25, -0.2) is 0 Å². The molecule has 2 aliphatic heterocycles. The zero-order chi connectivity index (χ0) is 15.1. The van der Waals surface area contributed by atoms with Crippen molar-refractivity contribution in [1.82, 2.24) is 15.1 Å². The minimum Gasteiger partial charge on any atom is -0.379 e. The van der Waals surface area contributed by atoms with E-state index < -0.39 is 0 Å². The van der Waals surface area contributed by atoms with Crippen molar-refractivity contribution < 1.29 is 4.74 Å². The minimum absolute atomic E-state index is 0.521. The van der Waals surface area contributed by atoms with Crippen LogP contribution in [-0.4, -0.2) is 74.3 Å². The van der Waals surface area contributed by atoms with E-state index in [2.05, 4.69) is 35.9 Å². The van der Waals surface area contributed by atoms with Crippen LogP contribution in [0.3, 0.4) is 0 Å². The number of nitrogens with zero attached hydrogens (tertiary/aromatic N) is 3. The number of likely N-dealkylation sites (tertiary alicyclic amines) is 1. The van der Waals surface area contributed by atoms with Crippen LogP contribution < -0.4 is 5.32 Å². The first-order valence-electron chi connectivity index (χ1n) is 8.55. The van der Waals surface area contributed by atoms with Gasteiger partial charge < -0.3 is 15.0 Å². The molecule has 0 saturated carbocycles. The van der Waals surface area contributed by atoms with Gasteiger partial charge in [-0.15, -0.1) is 0 Å². The zero-order valence-corrected chi connectivity index (χ0v) is 14.0. The molecule has 0 amide bonds. The van der Waals surface area contributed by atoms with Crippen LogP contribution in [0.15, 0.2) is 4.99 Å². The van der Waals surface area contributed by atoms with Gasteiger partial charge in [-0.1, -0.05) is 6.92 Å². The predicted octanol–water partition coefficient (Wildman–Crippen LogP) is 1.40. The van der Waals surface area contributed by atoms with Crippen LogP contribution in [0.25, 0.3) is 0 Å². The minimum atomic E-state index is 0.521. The van der Waals surface area contributed by atoms with Gasteiger partial charge >= 0.3 is 0 Å². The normalized spacial score (nSPS) is 26.1. The fourth-order valence-corrected chi connectivity index (χ4v) is 3.02. The number of nitrogens with one attached hydrogen (secondary N) is 1. The molecule has 0 aromatic rings. The Kier molecular flexibility index (Phi) is 6.77. The summed E-state index contributed by atoms with van der Waals surface area (Å²) in [5.41, 5.74) is 0. The third-order valence-electron chi connectivity index (χ3n) is 4.57. The summed E-state index contributed by atoms with van der Waals surface area (Å²) >= 11 is 0. The highest BCUT2D eigenvalue weighted by Crippen LogP contribution is 2.16. The predicted molar refractivity (Wildman–Crippen MR) is 87.8 cm³/mol. The quantitative estimate of drug-likeness (QED) is 0.629. The van der Waals surface area contributed by atoms with Crippen molar-refractivity contribution >= 4 is 5.96 Å². The van der Waals surface area contributed by atoms with Crippen molar-refractivity contribution in [3.8, 4) is 0 Å². The van der Waals surface area contributed by atoms with Crippen molar-refractivity contribution in [2.75, 3.05) is 52.5 Å². The van der Waals surface area contributed by atoms with Crippen LogP contribution in [-0.2, 0) is 4.74 Å². The van der Waals surface area contributed by atoms with E-state index >= 15 is 0 Å². The molecule has 2 heterocycles. The molecule has 2 fully saturated rings. The third-order valence-corrected chi connectivity index (χ3v) is 4.57. The van der Waals surface area contributed by atoms with E-state index in [-0.39, 0.29) is 0 Å². The SMILES string of the molecule is CCNC(=NCCN1CCOCC1C)N1CCC(C)CC1. The average Bonchev–Trinajstić information content (AvgIpc) is 2.49. The van der Waals surface area contributed by atoms with Crippen molar-refractivity contribution in [2.45, 2.75) is 39.7 Å². The Hall–Kier alpha value is -0.810. The largest absolute Gasteiger partial charge is 0.379 e. The summed E-state index contributed by atoms with van der Waals surface area (Å²) < 4.78 is 5.49. The number of hydrogen-bond donors (Lipinski definition) is 1. The molecule has 2 rings (SSSR count). The van der Waals surface area contributed by atoms with Crippen LogP contribution in [0.1, 0.15) is 33.6 Å². The molecule has 2 saturated heterocycles. The van der Waals surface area contributed by atoms with Crippen LogP contribution in [0.4, 0.5) is 0 Å². The second kappa shape index (κ2) is 8.59. The first kappa shape index (κ1) is 16.6. The van der Waals surface area contributed by atoms with Gasteiger partial charge in [-0.3, -0.25) is 9.89 Å². The summed E-state index contributed by atoms with van der Waals surface area (Å²) in [6.45, 7) is 14.6. The lowest BCUT2D eigenvalue weighted by Crippen LogP contribution is -2.47. The van der Waals surface area contributed by atoms with Gasteiger partial charge in [0.25, 0.3) is 0 Å². The Morgan fingerprint density at radius 1 is 1.24 bits per heavy atom. The summed E-state index contributed by atoms with van der Waals surface area (Å²) in [5, 5.41) is 3.45. The first-order chi connectivity index (χ1) is 10.2. The summed E-state index contributed by atoms with van der Waals surface area (Å²) in [7, 11) is 0. The van der Waals surface area contributed by atoms with E-state index in [0.717, 1.165) is 64.4 Å². The molecule has 1 atom stereocenters. The van der Waals surface area contributed by atoms with Crippen molar-refractivity contribution in [2.24, 2.45) is 10.9 Å².